The molecule has 0 radical (unpaired) electrons. The minimum atomic E-state index is -3.26. The summed E-state index contributed by atoms with van der Waals surface area (Å²) < 4.78 is 24.7. The smallest absolute Gasteiger partial charge is 0.255 e. The number of benzene rings is 1. The number of carbonyl (C=O) groups excluding carboxylic acids is 1. The van der Waals surface area contributed by atoms with Gasteiger partial charge < -0.3 is 5.32 Å². The van der Waals surface area contributed by atoms with Crippen LogP contribution in [0.2, 0.25) is 0 Å². The highest BCUT2D eigenvalue weighted by Gasteiger charge is 2.26. The summed E-state index contributed by atoms with van der Waals surface area (Å²) in [6.07, 6.45) is 1.82. The molecular weight excluding hydrogens is 308 g/mol. The second-order valence-electron chi connectivity index (χ2n) is 4.89. The summed E-state index contributed by atoms with van der Waals surface area (Å²) in [6, 6.07) is 6.96. The van der Waals surface area contributed by atoms with Crippen LogP contribution in [-0.4, -0.2) is 27.1 Å². The SMILES string of the molecule is CS(=O)(=O)N1CCc2cc(C(=O)Nc3ccsc3)ccc21. The first-order valence-corrected chi connectivity index (χ1v) is 9.18. The van der Waals surface area contributed by atoms with Crippen LogP contribution >= 0.6 is 11.3 Å². The molecule has 0 unspecified atom stereocenters. The lowest BCUT2D eigenvalue weighted by molar-refractivity contribution is 0.102. The fraction of sp³-hybridized carbons (Fsp3) is 0.214. The Bertz CT molecular complexity index is 783. The van der Waals surface area contributed by atoms with Gasteiger partial charge in [0.05, 0.1) is 17.6 Å². The van der Waals surface area contributed by atoms with Gasteiger partial charge in [-0.1, -0.05) is 0 Å². The number of thiophene rings is 1. The number of carbonyl (C=O) groups is 1. The summed E-state index contributed by atoms with van der Waals surface area (Å²) >= 11 is 1.51. The quantitative estimate of drug-likeness (QED) is 0.943. The number of nitrogens with one attached hydrogen (secondary N) is 1. The van der Waals surface area contributed by atoms with Crippen molar-refractivity contribution in [3.05, 3.63) is 46.2 Å². The van der Waals surface area contributed by atoms with Gasteiger partial charge in [-0.15, -0.1) is 0 Å². The van der Waals surface area contributed by atoms with E-state index in [-0.39, 0.29) is 5.91 Å². The zero-order valence-corrected chi connectivity index (χ0v) is 13.0. The first-order valence-electron chi connectivity index (χ1n) is 6.39. The average molecular weight is 322 g/mol. The molecule has 2 heterocycles. The van der Waals surface area contributed by atoms with E-state index < -0.39 is 10.0 Å². The first-order chi connectivity index (χ1) is 9.95. The van der Waals surface area contributed by atoms with Gasteiger partial charge in [0.2, 0.25) is 10.0 Å². The molecule has 0 saturated heterocycles. The second-order valence-corrected chi connectivity index (χ2v) is 7.58. The third-order valence-corrected chi connectivity index (χ3v) is 5.24. The van der Waals surface area contributed by atoms with Crippen molar-refractivity contribution in [2.24, 2.45) is 0 Å². The third-order valence-electron chi connectivity index (χ3n) is 3.37. The van der Waals surface area contributed by atoms with Gasteiger partial charge in [0.15, 0.2) is 0 Å². The zero-order valence-electron chi connectivity index (χ0n) is 11.4. The number of amides is 1. The topological polar surface area (TPSA) is 66.5 Å². The number of anilines is 2. The zero-order chi connectivity index (χ0) is 15.0. The van der Waals surface area contributed by atoms with E-state index in [0.29, 0.717) is 24.2 Å². The van der Waals surface area contributed by atoms with E-state index >= 15 is 0 Å². The van der Waals surface area contributed by atoms with E-state index in [2.05, 4.69) is 5.32 Å². The number of hydrogen-bond acceptors (Lipinski definition) is 4. The Morgan fingerprint density at radius 3 is 2.81 bits per heavy atom. The molecule has 0 aliphatic carbocycles. The number of fused-ring (bicyclic) bond motifs is 1. The predicted octanol–water partition coefficient (Wildman–Crippen LogP) is 2.32. The maximum atomic E-state index is 12.2. The van der Waals surface area contributed by atoms with E-state index in [1.807, 2.05) is 16.8 Å². The van der Waals surface area contributed by atoms with Crippen LogP contribution in [0.15, 0.2) is 35.0 Å². The van der Waals surface area contributed by atoms with Crippen LogP contribution in [0, 0.1) is 0 Å². The van der Waals surface area contributed by atoms with Gasteiger partial charge in [-0.2, -0.15) is 11.3 Å². The van der Waals surface area contributed by atoms with E-state index in [4.69, 9.17) is 0 Å². The van der Waals surface area contributed by atoms with E-state index in [0.717, 1.165) is 11.3 Å². The van der Waals surface area contributed by atoms with Crippen LogP contribution < -0.4 is 9.62 Å². The standard InChI is InChI=1S/C14H14N2O3S2/c1-21(18,19)16-6-4-10-8-11(2-3-13(10)16)14(17)15-12-5-7-20-9-12/h2-3,5,7-9H,4,6H2,1H3,(H,15,17). The molecule has 110 valence electrons. The van der Waals surface area contributed by atoms with Crippen molar-refractivity contribution in [2.75, 3.05) is 22.4 Å². The van der Waals surface area contributed by atoms with Crippen molar-refractivity contribution in [3.8, 4) is 0 Å². The molecule has 1 aliphatic rings. The second kappa shape index (κ2) is 5.16. The lowest BCUT2D eigenvalue weighted by Crippen LogP contribution is -2.27. The number of rotatable bonds is 3. The molecule has 1 amide bonds. The Hall–Kier alpha value is -1.86. The van der Waals surface area contributed by atoms with Gasteiger partial charge in [-0.3, -0.25) is 9.10 Å². The average Bonchev–Trinajstić information content (AvgIpc) is 3.05. The van der Waals surface area contributed by atoms with Crippen LogP contribution in [0.5, 0.6) is 0 Å². The predicted molar refractivity (Wildman–Crippen MR) is 84.6 cm³/mol. The van der Waals surface area contributed by atoms with Crippen molar-refractivity contribution in [1.29, 1.82) is 0 Å². The molecule has 0 atom stereocenters. The van der Waals surface area contributed by atoms with Crippen LogP contribution in [0.1, 0.15) is 15.9 Å². The highest BCUT2D eigenvalue weighted by Crippen LogP contribution is 2.30. The maximum absolute atomic E-state index is 12.2. The monoisotopic (exact) mass is 322 g/mol. The number of sulfonamides is 1. The molecule has 2 aromatic rings. The van der Waals surface area contributed by atoms with Crippen LogP contribution in [-0.2, 0) is 16.4 Å². The van der Waals surface area contributed by atoms with Gasteiger partial charge >= 0.3 is 0 Å². The third kappa shape index (κ3) is 2.79. The fourth-order valence-electron chi connectivity index (χ4n) is 2.40. The van der Waals surface area contributed by atoms with E-state index in [1.165, 1.54) is 21.9 Å². The highest BCUT2D eigenvalue weighted by molar-refractivity contribution is 7.92. The van der Waals surface area contributed by atoms with Gasteiger partial charge in [-0.25, -0.2) is 8.42 Å². The summed E-state index contributed by atoms with van der Waals surface area (Å²) in [5.74, 6) is -0.186. The number of hydrogen-bond donors (Lipinski definition) is 1. The minimum Gasteiger partial charge on any atom is -0.321 e. The molecule has 7 heteroatoms. The van der Waals surface area contributed by atoms with Gasteiger partial charge in [0, 0.05) is 17.5 Å². The molecular formula is C14H14N2O3S2. The Labute approximate surface area is 127 Å². The van der Waals surface area contributed by atoms with Crippen molar-refractivity contribution >= 4 is 38.6 Å². The van der Waals surface area contributed by atoms with Crippen molar-refractivity contribution in [3.63, 3.8) is 0 Å². The fourth-order valence-corrected chi connectivity index (χ4v) is 3.94. The van der Waals surface area contributed by atoms with Gasteiger partial charge in [0.1, 0.15) is 0 Å². The molecule has 0 saturated carbocycles. The molecule has 1 N–H and O–H groups in total. The molecule has 0 spiro atoms. The molecule has 0 fully saturated rings. The van der Waals surface area contributed by atoms with Crippen molar-refractivity contribution in [2.45, 2.75) is 6.42 Å². The maximum Gasteiger partial charge on any atom is 0.255 e. The summed E-state index contributed by atoms with van der Waals surface area (Å²) in [5, 5.41) is 6.56. The largest absolute Gasteiger partial charge is 0.321 e. The molecule has 5 nitrogen and oxygen atoms in total. The highest BCUT2D eigenvalue weighted by atomic mass is 32.2. The van der Waals surface area contributed by atoms with Crippen LogP contribution in [0.4, 0.5) is 11.4 Å². The first kappa shape index (κ1) is 14.1. The summed E-state index contributed by atoms with van der Waals surface area (Å²) in [5.41, 5.74) is 2.86. The minimum absolute atomic E-state index is 0.186. The normalized spacial score (nSPS) is 14.0. The summed E-state index contributed by atoms with van der Waals surface area (Å²) in [6.45, 7) is 0.434. The van der Waals surface area contributed by atoms with Gasteiger partial charge in [0.25, 0.3) is 5.91 Å². The van der Waals surface area contributed by atoms with Gasteiger partial charge in [-0.05, 0) is 41.6 Å². The lowest BCUT2D eigenvalue weighted by Gasteiger charge is -2.16. The molecule has 1 aromatic heterocycles. The number of nitrogens with zero attached hydrogens (tertiary/aromatic N) is 1. The lowest BCUT2D eigenvalue weighted by atomic mass is 10.1. The van der Waals surface area contributed by atoms with Crippen LogP contribution in [0.25, 0.3) is 0 Å². The Balaban J connectivity index is 1.86. The van der Waals surface area contributed by atoms with Crippen LogP contribution in [0.3, 0.4) is 0 Å². The Morgan fingerprint density at radius 1 is 1.33 bits per heavy atom. The van der Waals surface area contributed by atoms with E-state index in [9.17, 15) is 13.2 Å². The molecule has 1 aliphatic heterocycles. The summed E-state index contributed by atoms with van der Waals surface area (Å²) in [4.78, 5) is 12.2. The van der Waals surface area contributed by atoms with Crippen molar-refractivity contribution in [1.82, 2.24) is 0 Å². The molecule has 1 aromatic carbocycles. The molecule has 0 bridgehead atoms. The van der Waals surface area contributed by atoms with Crippen molar-refractivity contribution < 1.29 is 13.2 Å². The molecule has 3 rings (SSSR count). The Kier molecular flexibility index (Phi) is 3.46. The Morgan fingerprint density at radius 2 is 2.14 bits per heavy atom. The summed E-state index contributed by atoms with van der Waals surface area (Å²) in [7, 11) is -3.26. The van der Waals surface area contributed by atoms with E-state index in [1.54, 1.807) is 18.2 Å². The molecule has 21 heavy (non-hydrogen) atoms.